The van der Waals surface area contributed by atoms with Crippen LogP contribution in [0.25, 0.3) is 11.1 Å². The van der Waals surface area contributed by atoms with Crippen molar-refractivity contribution in [3.05, 3.63) is 42.2 Å². The Labute approximate surface area is 117 Å². The highest BCUT2D eigenvalue weighted by Gasteiger charge is 2.32. The number of halogens is 4. The minimum absolute atomic E-state index is 0.115. The minimum atomic E-state index is -4.91. The number of benzene rings is 2. The first-order chi connectivity index (χ1) is 9.80. The molecular formula is C14H10F4O3. The highest BCUT2D eigenvalue weighted by molar-refractivity contribution is 5.68. The van der Waals surface area contributed by atoms with E-state index in [0.29, 0.717) is 5.75 Å². The Morgan fingerprint density at radius 2 is 1.76 bits per heavy atom. The molecule has 0 heterocycles. The second-order valence-corrected chi connectivity index (χ2v) is 4.08. The molecule has 0 spiro atoms. The molecular weight excluding hydrogens is 292 g/mol. The molecule has 0 saturated carbocycles. The fourth-order valence-corrected chi connectivity index (χ4v) is 1.75. The Hall–Kier alpha value is -2.44. The summed E-state index contributed by atoms with van der Waals surface area (Å²) in [5.41, 5.74) is 0.326. The maximum absolute atomic E-state index is 13.9. The number of alkyl halides is 3. The molecule has 0 aliphatic heterocycles. The number of rotatable bonds is 3. The topological polar surface area (TPSA) is 38.7 Å². The van der Waals surface area contributed by atoms with Crippen molar-refractivity contribution in [3.63, 3.8) is 0 Å². The van der Waals surface area contributed by atoms with Gasteiger partial charge in [-0.2, -0.15) is 0 Å². The molecule has 3 nitrogen and oxygen atoms in total. The van der Waals surface area contributed by atoms with Gasteiger partial charge in [-0.05, 0) is 29.8 Å². The molecule has 0 aliphatic rings. The lowest BCUT2D eigenvalue weighted by atomic mass is 10.0. The fraction of sp³-hybridized carbons (Fsp3) is 0.143. The van der Waals surface area contributed by atoms with Gasteiger partial charge in [0.05, 0.1) is 7.11 Å². The van der Waals surface area contributed by atoms with Crippen molar-refractivity contribution in [2.24, 2.45) is 0 Å². The van der Waals surface area contributed by atoms with Gasteiger partial charge in [0.1, 0.15) is 11.6 Å². The van der Waals surface area contributed by atoms with Gasteiger partial charge in [-0.1, -0.05) is 6.07 Å². The zero-order valence-electron chi connectivity index (χ0n) is 10.7. The molecule has 0 saturated heterocycles. The summed E-state index contributed by atoms with van der Waals surface area (Å²) in [5.74, 6) is -1.81. The third kappa shape index (κ3) is 3.56. The molecule has 2 aromatic carbocycles. The second-order valence-electron chi connectivity index (χ2n) is 4.08. The molecule has 0 radical (unpaired) electrons. The van der Waals surface area contributed by atoms with Crippen LogP contribution in [0.5, 0.6) is 17.2 Å². The predicted octanol–water partition coefficient (Wildman–Crippen LogP) is 4.11. The number of ether oxygens (including phenoxy) is 2. The van der Waals surface area contributed by atoms with Crippen molar-refractivity contribution in [1.29, 1.82) is 0 Å². The Morgan fingerprint density at radius 1 is 1.05 bits per heavy atom. The molecule has 0 atom stereocenters. The van der Waals surface area contributed by atoms with Crippen molar-refractivity contribution in [2.45, 2.75) is 6.36 Å². The van der Waals surface area contributed by atoms with Gasteiger partial charge in [0, 0.05) is 11.6 Å². The summed E-state index contributed by atoms with van der Waals surface area (Å²) in [6.07, 6.45) is -4.91. The molecule has 0 aromatic heterocycles. The van der Waals surface area contributed by atoms with Crippen LogP contribution in [0, 0.1) is 5.82 Å². The van der Waals surface area contributed by atoms with Gasteiger partial charge in [0.15, 0.2) is 11.5 Å². The molecule has 0 bridgehead atoms. The van der Waals surface area contributed by atoms with E-state index in [0.717, 1.165) is 18.2 Å². The molecule has 0 amide bonds. The Bertz CT molecular complexity index is 653. The monoisotopic (exact) mass is 302 g/mol. The molecule has 112 valence electrons. The normalized spacial score (nSPS) is 11.3. The largest absolute Gasteiger partial charge is 0.573 e. The zero-order chi connectivity index (χ0) is 15.6. The van der Waals surface area contributed by atoms with Gasteiger partial charge in [-0.25, -0.2) is 4.39 Å². The Morgan fingerprint density at radius 3 is 2.29 bits per heavy atom. The third-order valence-electron chi connectivity index (χ3n) is 2.67. The van der Waals surface area contributed by atoms with Crippen molar-refractivity contribution >= 4 is 0 Å². The summed E-state index contributed by atoms with van der Waals surface area (Å²) in [7, 11) is 1.38. The molecule has 7 heteroatoms. The van der Waals surface area contributed by atoms with E-state index in [1.807, 2.05) is 0 Å². The Kier molecular flexibility index (Phi) is 3.93. The Balaban J connectivity index is 2.36. The van der Waals surface area contributed by atoms with Crippen LogP contribution in [0.3, 0.4) is 0 Å². The standard InChI is InChI=1S/C14H10F4O3/c1-20-9-3-4-10(11(15)7-9)8-2-5-13(12(19)6-8)21-14(16,17)18/h2-7,19H,1H3. The molecule has 2 aromatic rings. The second kappa shape index (κ2) is 5.51. The number of phenolic OH excluding ortho intramolecular Hbond substituents is 1. The SMILES string of the molecule is COc1ccc(-c2ccc(OC(F)(F)F)c(O)c2)c(F)c1. The van der Waals surface area contributed by atoms with Crippen LogP contribution in [0.15, 0.2) is 36.4 Å². The number of hydrogen-bond donors (Lipinski definition) is 1. The summed E-state index contributed by atoms with van der Waals surface area (Å²) < 4.78 is 58.6. The molecule has 1 N–H and O–H groups in total. The van der Waals surface area contributed by atoms with Crippen molar-refractivity contribution in [1.82, 2.24) is 0 Å². The van der Waals surface area contributed by atoms with Crippen LogP contribution >= 0.6 is 0 Å². The van der Waals surface area contributed by atoms with Crippen LogP contribution in [-0.4, -0.2) is 18.6 Å². The van der Waals surface area contributed by atoms with Crippen molar-refractivity contribution in [3.8, 4) is 28.4 Å². The first-order valence-corrected chi connectivity index (χ1v) is 5.73. The highest BCUT2D eigenvalue weighted by atomic mass is 19.4. The summed E-state index contributed by atoms with van der Waals surface area (Å²) in [4.78, 5) is 0. The average Bonchev–Trinajstić information content (AvgIpc) is 2.39. The quantitative estimate of drug-likeness (QED) is 0.867. The average molecular weight is 302 g/mol. The van der Waals surface area contributed by atoms with Gasteiger partial charge < -0.3 is 14.6 Å². The lowest BCUT2D eigenvalue weighted by Gasteiger charge is -2.12. The maximum Gasteiger partial charge on any atom is 0.573 e. The summed E-state index contributed by atoms with van der Waals surface area (Å²) in [6.45, 7) is 0. The maximum atomic E-state index is 13.9. The summed E-state index contributed by atoms with van der Waals surface area (Å²) >= 11 is 0. The fourth-order valence-electron chi connectivity index (χ4n) is 1.75. The van der Waals surface area contributed by atoms with E-state index in [4.69, 9.17) is 4.74 Å². The van der Waals surface area contributed by atoms with Gasteiger partial charge >= 0.3 is 6.36 Å². The molecule has 0 fully saturated rings. The van der Waals surface area contributed by atoms with Gasteiger partial charge in [0.25, 0.3) is 0 Å². The van der Waals surface area contributed by atoms with Gasteiger partial charge in [-0.3, -0.25) is 0 Å². The first-order valence-electron chi connectivity index (χ1n) is 5.73. The number of aromatic hydroxyl groups is 1. The number of methoxy groups -OCH3 is 1. The lowest BCUT2D eigenvalue weighted by molar-refractivity contribution is -0.275. The molecule has 21 heavy (non-hydrogen) atoms. The van der Waals surface area contributed by atoms with E-state index < -0.39 is 23.7 Å². The summed E-state index contributed by atoms with van der Waals surface area (Å²) in [5, 5.41) is 9.54. The van der Waals surface area contributed by atoms with Crippen molar-refractivity contribution < 1.29 is 32.1 Å². The third-order valence-corrected chi connectivity index (χ3v) is 2.67. The van der Waals surface area contributed by atoms with E-state index in [-0.39, 0.29) is 11.1 Å². The van der Waals surface area contributed by atoms with Gasteiger partial charge in [-0.15, -0.1) is 13.2 Å². The van der Waals surface area contributed by atoms with Crippen LogP contribution in [-0.2, 0) is 0 Å². The molecule has 0 aliphatic carbocycles. The van der Waals surface area contributed by atoms with Crippen LogP contribution in [0.2, 0.25) is 0 Å². The van der Waals surface area contributed by atoms with E-state index >= 15 is 0 Å². The lowest BCUT2D eigenvalue weighted by Crippen LogP contribution is -2.17. The van der Waals surface area contributed by atoms with Crippen LogP contribution < -0.4 is 9.47 Å². The first kappa shape index (κ1) is 15.0. The highest BCUT2D eigenvalue weighted by Crippen LogP contribution is 2.36. The predicted molar refractivity (Wildman–Crippen MR) is 66.7 cm³/mol. The van der Waals surface area contributed by atoms with Crippen LogP contribution in [0.1, 0.15) is 0 Å². The zero-order valence-corrected chi connectivity index (χ0v) is 10.7. The summed E-state index contributed by atoms with van der Waals surface area (Å²) in [6, 6.07) is 7.15. The van der Waals surface area contributed by atoms with Gasteiger partial charge in [0.2, 0.25) is 0 Å². The van der Waals surface area contributed by atoms with Crippen molar-refractivity contribution in [2.75, 3.05) is 7.11 Å². The van der Waals surface area contributed by atoms with E-state index in [9.17, 15) is 22.7 Å². The van der Waals surface area contributed by atoms with Crippen LogP contribution in [0.4, 0.5) is 17.6 Å². The molecule has 2 rings (SSSR count). The number of hydrogen-bond acceptors (Lipinski definition) is 3. The van der Waals surface area contributed by atoms with E-state index in [1.165, 1.54) is 25.3 Å². The van der Waals surface area contributed by atoms with E-state index in [1.54, 1.807) is 0 Å². The minimum Gasteiger partial charge on any atom is -0.504 e. The smallest absolute Gasteiger partial charge is 0.504 e. The molecule has 0 unspecified atom stereocenters. The van der Waals surface area contributed by atoms with E-state index in [2.05, 4.69) is 4.74 Å². The number of phenols is 1.